The van der Waals surface area contributed by atoms with Crippen LogP contribution in [0.4, 0.5) is 0 Å². The zero-order valence-corrected chi connectivity index (χ0v) is 9.54. The minimum Gasteiger partial charge on any atom is -0.321 e. The SMILES string of the molecule is [Cd].[O-][Cl+2]([O-])O.[O-][Cl+2]([O-])O. The van der Waals surface area contributed by atoms with Crippen LogP contribution >= 0.6 is 0 Å². The van der Waals surface area contributed by atoms with Crippen LogP contribution in [-0.2, 0) is 27.3 Å². The van der Waals surface area contributed by atoms with E-state index in [0.717, 1.165) is 0 Å². The predicted molar refractivity (Wildman–Crippen MR) is 4.44 cm³/mol. The molecule has 0 saturated heterocycles. The van der Waals surface area contributed by atoms with Crippen molar-refractivity contribution in [2.45, 2.75) is 0 Å². The van der Waals surface area contributed by atoms with Gasteiger partial charge < -0.3 is 18.6 Å². The van der Waals surface area contributed by atoms with E-state index in [4.69, 9.17) is 28.0 Å². The molecule has 0 heterocycles. The van der Waals surface area contributed by atoms with E-state index in [1.54, 1.807) is 0 Å². The summed E-state index contributed by atoms with van der Waals surface area (Å²) in [5.74, 6) is 0. The number of halogens is 2. The van der Waals surface area contributed by atoms with E-state index >= 15 is 0 Å². The van der Waals surface area contributed by atoms with Gasteiger partial charge in [0.05, 0.1) is 0 Å². The Hall–Kier alpha value is 1.26. The van der Waals surface area contributed by atoms with Gasteiger partial charge in [0, 0.05) is 36.6 Å². The Morgan fingerprint density at radius 2 is 0.778 bits per heavy atom. The fourth-order valence-corrected chi connectivity index (χ4v) is 0. The third-order valence-electron chi connectivity index (χ3n) is 0. The molecule has 0 unspecified atom stereocenters. The van der Waals surface area contributed by atoms with Crippen LogP contribution in [0.15, 0.2) is 0 Å². The molecular weight excluding hydrogens is 279 g/mol. The summed E-state index contributed by atoms with van der Waals surface area (Å²) < 4.78 is 47.9. The molecule has 0 atom stereocenters. The van der Waals surface area contributed by atoms with Crippen LogP contribution in [0.5, 0.6) is 0 Å². The van der Waals surface area contributed by atoms with Crippen molar-refractivity contribution >= 4 is 0 Å². The Labute approximate surface area is 76.7 Å². The minimum atomic E-state index is -2.60. The quantitative estimate of drug-likeness (QED) is 0.425. The van der Waals surface area contributed by atoms with Gasteiger partial charge in [-0.25, -0.2) is 0 Å². The first-order valence-corrected chi connectivity index (χ1v) is 2.87. The summed E-state index contributed by atoms with van der Waals surface area (Å²) >= 11 is 0. The number of hydrogen-bond acceptors (Lipinski definition) is 6. The minimum absolute atomic E-state index is 0. The van der Waals surface area contributed by atoms with Crippen LogP contribution in [0, 0.1) is 21.6 Å². The Morgan fingerprint density at radius 1 is 0.778 bits per heavy atom. The van der Waals surface area contributed by atoms with Gasteiger partial charge >= 0.3 is 0 Å². The van der Waals surface area contributed by atoms with E-state index in [0.29, 0.717) is 0 Å². The molecule has 0 rings (SSSR count). The van der Waals surface area contributed by atoms with Crippen molar-refractivity contribution < 1.29 is 76.8 Å². The molecule has 6 nitrogen and oxygen atoms in total. The van der Waals surface area contributed by atoms with Crippen molar-refractivity contribution in [1.29, 1.82) is 0 Å². The molecule has 0 fully saturated rings. The number of rotatable bonds is 0. The zero-order valence-electron chi connectivity index (χ0n) is 3.99. The Bertz CT molecular complexity index is 26.5. The van der Waals surface area contributed by atoms with Gasteiger partial charge in [0.1, 0.15) is 0 Å². The molecule has 0 aliphatic heterocycles. The summed E-state index contributed by atoms with van der Waals surface area (Å²) in [5, 5.41) is 0. The molecule has 0 bridgehead atoms. The van der Waals surface area contributed by atoms with Crippen LogP contribution in [0.1, 0.15) is 0 Å². The predicted octanol–water partition coefficient (Wildman–Crippen LogP) is -5.87. The molecule has 0 radical (unpaired) electrons. The maximum absolute atomic E-state index is 8.52. The molecule has 0 aromatic carbocycles. The summed E-state index contributed by atoms with van der Waals surface area (Å²) in [6.07, 6.45) is 0. The van der Waals surface area contributed by atoms with Crippen molar-refractivity contribution in [3.05, 3.63) is 0 Å². The molecule has 0 saturated carbocycles. The van der Waals surface area contributed by atoms with E-state index in [2.05, 4.69) is 0 Å². The van der Waals surface area contributed by atoms with Gasteiger partial charge in [-0.15, -0.1) is 0 Å². The topological polar surface area (TPSA) is 133 Å². The molecule has 9 heavy (non-hydrogen) atoms. The maximum atomic E-state index is 8.52. The first kappa shape index (κ1) is 16.7. The first-order valence-electron chi connectivity index (χ1n) is 0.955. The van der Waals surface area contributed by atoms with Gasteiger partial charge in [-0.3, -0.25) is 0 Å². The van der Waals surface area contributed by atoms with Crippen molar-refractivity contribution in [3.8, 4) is 0 Å². The molecule has 54 valence electrons. The molecule has 0 aromatic heterocycles. The summed E-state index contributed by atoms with van der Waals surface area (Å²) in [5.41, 5.74) is 0. The Balaban J connectivity index is -0.0000000720. The van der Waals surface area contributed by atoms with Crippen molar-refractivity contribution in [2.75, 3.05) is 0 Å². The van der Waals surface area contributed by atoms with E-state index in [1.165, 1.54) is 0 Å². The van der Waals surface area contributed by atoms with E-state index < -0.39 is 21.6 Å². The molecule has 0 spiro atoms. The van der Waals surface area contributed by atoms with Crippen molar-refractivity contribution in [1.82, 2.24) is 0 Å². The van der Waals surface area contributed by atoms with Crippen LogP contribution < -0.4 is 18.6 Å². The standard InChI is InChI=1S/Cd.2ClHO3/c;2*2-1(3)4/h;2*2H. The third kappa shape index (κ3) is 307. The summed E-state index contributed by atoms with van der Waals surface area (Å²) in [6.45, 7) is 0. The van der Waals surface area contributed by atoms with Crippen LogP contribution in [-0.4, -0.2) is 9.32 Å². The molecule has 0 amide bonds. The second-order valence-corrected chi connectivity index (χ2v) is 1.21. The normalized spacial score (nSPS) is 8.00. The molecule has 0 aliphatic rings. The molecule has 0 aliphatic carbocycles. The monoisotopic (exact) mass is 282 g/mol. The summed E-state index contributed by atoms with van der Waals surface area (Å²) in [7, 11) is -5.20. The Kier molecular flexibility index (Phi) is 22.2. The second kappa shape index (κ2) is 12.0. The fraction of sp³-hybridized carbons (Fsp3) is 0. The van der Waals surface area contributed by atoms with Crippen LogP contribution in [0.3, 0.4) is 0 Å². The maximum Gasteiger partial charge on any atom is 0.282 e. The second-order valence-electron chi connectivity index (χ2n) is 0.402. The van der Waals surface area contributed by atoms with Gasteiger partial charge in [0.25, 0.3) is 21.6 Å². The molecule has 0 aromatic rings. The van der Waals surface area contributed by atoms with E-state index in [1.807, 2.05) is 0 Å². The first-order chi connectivity index (χ1) is 3.46. The summed E-state index contributed by atoms with van der Waals surface area (Å²) in [4.78, 5) is 0. The summed E-state index contributed by atoms with van der Waals surface area (Å²) in [6, 6.07) is 0. The third-order valence-corrected chi connectivity index (χ3v) is 0. The average Bonchev–Trinajstić information content (AvgIpc) is 1.25. The number of hydrogen-bond donors (Lipinski definition) is 2. The fourth-order valence-electron chi connectivity index (χ4n) is 0. The largest absolute Gasteiger partial charge is 0.321 e. The van der Waals surface area contributed by atoms with Crippen molar-refractivity contribution in [3.63, 3.8) is 0 Å². The zero-order chi connectivity index (χ0) is 7.15. The smallest absolute Gasteiger partial charge is 0.282 e. The Morgan fingerprint density at radius 3 is 0.778 bits per heavy atom. The van der Waals surface area contributed by atoms with Gasteiger partial charge in [-0.2, -0.15) is 0 Å². The van der Waals surface area contributed by atoms with Crippen LogP contribution in [0.25, 0.3) is 0 Å². The van der Waals surface area contributed by atoms with E-state index in [9.17, 15) is 0 Å². The van der Waals surface area contributed by atoms with Gasteiger partial charge in [-0.1, -0.05) is 0 Å². The molecule has 2 N–H and O–H groups in total. The molecular formula is H2CdCl2O6. The van der Waals surface area contributed by atoms with Crippen LogP contribution in [0.2, 0.25) is 0 Å². The van der Waals surface area contributed by atoms with Gasteiger partial charge in [0.15, 0.2) is 0 Å². The van der Waals surface area contributed by atoms with Gasteiger partial charge in [-0.05, 0) is 0 Å². The van der Waals surface area contributed by atoms with E-state index in [-0.39, 0.29) is 27.3 Å². The van der Waals surface area contributed by atoms with Gasteiger partial charge in [0.2, 0.25) is 0 Å². The molecule has 9 heteroatoms. The van der Waals surface area contributed by atoms with Crippen molar-refractivity contribution in [2.24, 2.45) is 0 Å². The average molecular weight is 281 g/mol.